The van der Waals surface area contributed by atoms with E-state index in [1.165, 1.54) is 4.68 Å². The second kappa shape index (κ2) is 6.74. The number of aromatic nitrogens is 3. The van der Waals surface area contributed by atoms with Crippen molar-refractivity contribution in [3.8, 4) is 11.5 Å². The number of carbonyl (C=O) groups is 1. The summed E-state index contributed by atoms with van der Waals surface area (Å²) in [5.74, 6) is 0.249. The van der Waals surface area contributed by atoms with Crippen molar-refractivity contribution < 1.29 is 19.4 Å². The van der Waals surface area contributed by atoms with Crippen LogP contribution in [-0.4, -0.2) is 39.3 Å². The smallest absolute Gasteiger partial charge is 0.358 e. The van der Waals surface area contributed by atoms with E-state index in [-0.39, 0.29) is 5.69 Å². The standard InChI is InChI=1S/C14H17N3O4/c1-3-20-11-6-4-5-7-12(11)21-9-8-17-10(2)13(14(18)19)15-16-17/h4-7H,3,8-9H2,1-2H3,(H,18,19). The van der Waals surface area contributed by atoms with Crippen molar-refractivity contribution in [3.63, 3.8) is 0 Å². The zero-order chi connectivity index (χ0) is 15.2. The molecule has 2 aromatic rings. The van der Waals surface area contributed by atoms with Crippen LogP contribution < -0.4 is 9.47 Å². The molecule has 0 atom stereocenters. The third-order valence-corrected chi connectivity index (χ3v) is 2.89. The maximum atomic E-state index is 10.9. The number of carboxylic acid groups (broad SMARTS) is 1. The fraction of sp³-hybridized carbons (Fsp3) is 0.357. The summed E-state index contributed by atoms with van der Waals surface area (Å²) in [6.07, 6.45) is 0. The van der Waals surface area contributed by atoms with Gasteiger partial charge >= 0.3 is 5.97 Å². The largest absolute Gasteiger partial charge is 0.490 e. The number of carboxylic acids is 1. The minimum atomic E-state index is -1.08. The number of rotatable bonds is 7. The lowest BCUT2D eigenvalue weighted by Crippen LogP contribution is -2.12. The molecular formula is C14H17N3O4. The summed E-state index contributed by atoms with van der Waals surface area (Å²) in [5, 5.41) is 16.3. The summed E-state index contributed by atoms with van der Waals surface area (Å²) in [5.41, 5.74) is 0.467. The third-order valence-electron chi connectivity index (χ3n) is 2.89. The molecule has 7 nitrogen and oxygen atoms in total. The molecule has 0 spiro atoms. The van der Waals surface area contributed by atoms with E-state index in [0.717, 1.165) is 0 Å². The number of nitrogens with zero attached hydrogens (tertiary/aromatic N) is 3. The molecule has 1 aromatic heterocycles. The Morgan fingerprint density at radius 3 is 2.52 bits per heavy atom. The van der Waals surface area contributed by atoms with Crippen LogP contribution >= 0.6 is 0 Å². The van der Waals surface area contributed by atoms with Gasteiger partial charge in [-0.05, 0) is 26.0 Å². The zero-order valence-electron chi connectivity index (χ0n) is 11.9. The summed E-state index contributed by atoms with van der Waals surface area (Å²) < 4.78 is 12.6. The molecule has 0 aliphatic heterocycles. The minimum Gasteiger partial charge on any atom is -0.490 e. The Balaban J connectivity index is 1.97. The molecule has 0 amide bonds. The average Bonchev–Trinajstić information content (AvgIpc) is 2.83. The monoisotopic (exact) mass is 291 g/mol. The first-order chi connectivity index (χ1) is 10.1. The Labute approximate surface area is 122 Å². The Morgan fingerprint density at radius 1 is 1.29 bits per heavy atom. The van der Waals surface area contributed by atoms with Gasteiger partial charge in [-0.2, -0.15) is 0 Å². The molecule has 0 fully saturated rings. The highest BCUT2D eigenvalue weighted by Gasteiger charge is 2.14. The van der Waals surface area contributed by atoms with Crippen LogP contribution in [0.4, 0.5) is 0 Å². The summed E-state index contributed by atoms with van der Waals surface area (Å²) in [7, 11) is 0. The van der Waals surface area contributed by atoms with Gasteiger partial charge in [-0.25, -0.2) is 9.48 Å². The summed E-state index contributed by atoms with van der Waals surface area (Å²) in [4.78, 5) is 10.9. The highest BCUT2D eigenvalue weighted by Crippen LogP contribution is 2.26. The molecule has 7 heteroatoms. The summed E-state index contributed by atoms with van der Waals surface area (Å²) in [6, 6.07) is 7.39. The van der Waals surface area contributed by atoms with E-state index >= 15 is 0 Å². The fourth-order valence-corrected chi connectivity index (χ4v) is 1.86. The molecule has 0 unspecified atom stereocenters. The van der Waals surface area contributed by atoms with Crippen molar-refractivity contribution in [2.75, 3.05) is 13.2 Å². The molecule has 112 valence electrons. The Hall–Kier alpha value is -2.57. The molecule has 2 rings (SSSR count). The van der Waals surface area contributed by atoms with E-state index in [0.29, 0.717) is 37.0 Å². The lowest BCUT2D eigenvalue weighted by molar-refractivity contribution is 0.0689. The number of aromatic carboxylic acids is 1. The molecule has 1 N–H and O–H groups in total. The fourth-order valence-electron chi connectivity index (χ4n) is 1.86. The van der Waals surface area contributed by atoms with E-state index < -0.39 is 5.97 Å². The topological polar surface area (TPSA) is 86.5 Å². The Morgan fingerprint density at radius 2 is 1.95 bits per heavy atom. The minimum absolute atomic E-state index is 0.0373. The van der Waals surface area contributed by atoms with Crippen molar-refractivity contribution in [2.45, 2.75) is 20.4 Å². The number of benzene rings is 1. The number of para-hydroxylation sites is 2. The predicted octanol–water partition coefficient (Wildman–Crippen LogP) is 1.76. The van der Waals surface area contributed by atoms with Gasteiger partial charge in [0.25, 0.3) is 0 Å². The van der Waals surface area contributed by atoms with Crippen LogP contribution in [-0.2, 0) is 6.54 Å². The molecule has 0 bridgehead atoms. The van der Waals surface area contributed by atoms with Gasteiger partial charge < -0.3 is 14.6 Å². The van der Waals surface area contributed by atoms with Crippen molar-refractivity contribution in [3.05, 3.63) is 35.7 Å². The van der Waals surface area contributed by atoms with Crippen LogP contribution in [0.3, 0.4) is 0 Å². The van der Waals surface area contributed by atoms with Crippen LogP contribution in [0.25, 0.3) is 0 Å². The van der Waals surface area contributed by atoms with Crippen LogP contribution in [0.15, 0.2) is 24.3 Å². The van der Waals surface area contributed by atoms with E-state index in [1.807, 2.05) is 31.2 Å². The van der Waals surface area contributed by atoms with Gasteiger partial charge in [-0.15, -0.1) is 5.10 Å². The van der Waals surface area contributed by atoms with Gasteiger partial charge in [0.05, 0.1) is 18.8 Å². The SMILES string of the molecule is CCOc1ccccc1OCCn1nnc(C(=O)O)c1C. The molecule has 1 heterocycles. The van der Waals surface area contributed by atoms with Gasteiger partial charge in [0.2, 0.25) is 0 Å². The molecule has 0 aliphatic carbocycles. The Bertz CT molecular complexity index is 624. The maximum absolute atomic E-state index is 10.9. The number of ether oxygens (including phenoxy) is 2. The van der Waals surface area contributed by atoms with E-state index in [1.54, 1.807) is 6.92 Å². The van der Waals surface area contributed by atoms with E-state index in [4.69, 9.17) is 14.6 Å². The van der Waals surface area contributed by atoms with Crippen molar-refractivity contribution in [1.82, 2.24) is 15.0 Å². The first-order valence-electron chi connectivity index (χ1n) is 6.61. The van der Waals surface area contributed by atoms with Crippen LogP contribution in [0.5, 0.6) is 11.5 Å². The number of hydrogen-bond acceptors (Lipinski definition) is 5. The van der Waals surface area contributed by atoms with Gasteiger partial charge in [-0.1, -0.05) is 17.3 Å². The maximum Gasteiger partial charge on any atom is 0.358 e. The van der Waals surface area contributed by atoms with Crippen LogP contribution in [0.1, 0.15) is 23.1 Å². The second-order valence-corrected chi connectivity index (χ2v) is 4.28. The van der Waals surface area contributed by atoms with E-state index in [9.17, 15) is 4.79 Å². The first-order valence-corrected chi connectivity index (χ1v) is 6.61. The van der Waals surface area contributed by atoms with Gasteiger partial charge in [0.1, 0.15) is 6.61 Å². The molecule has 0 saturated carbocycles. The summed E-state index contributed by atoms with van der Waals surface area (Å²) in [6.45, 7) is 4.88. The molecular weight excluding hydrogens is 274 g/mol. The Kier molecular flexibility index (Phi) is 4.76. The predicted molar refractivity (Wildman–Crippen MR) is 74.8 cm³/mol. The van der Waals surface area contributed by atoms with Crippen molar-refractivity contribution in [1.29, 1.82) is 0 Å². The van der Waals surface area contributed by atoms with Gasteiger partial charge in [-0.3, -0.25) is 0 Å². The van der Waals surface area contributed by atoms with Gasteiger partial charge in [0.15, 0.2) is 17.2 Å². The molecule has 0 radical (unpaired) electrons. The highest BCUT2D eigenvalue weighted by atomic mass is 16.5. The normalized spacial score (nSPS) is 10.4. The zero-order valence-corrected chi connectivity index (χ0v) is 11.9. The van der Waals surface area contributed by atoms with E-state index in [2.05, 4.69) is 10.3 Å². The molecule has 21 heavy (non-hydrogen) atoms. The lowest BCUT2D eigenvalue weighted by atomic mass is 10.3. The quantitative estimate of drug-likeness (QED) is 0.836. The lowest BCUT2D eigenvalue weighted by Gasteiger charge is -2.11. The summed E-state index contributed by atoms with van der Waals surface area (Å²) >= 11 is 0. The highest BCUT2D eigenvalue weighted by molar-refractivity contribution is 5.86. The first kappa shape index (κ1) is 14.8. The number of hydrogen-bond donors (Lipinski definition) is 1. The average molecular weight is 291 g/mol. The third kappa shape index (κ3) is 3.50. The molecule has 0 aliphatic rings. The molecule has 1 aromatic carbocycles. The van der Waals surface area contributed by atoms with Crippen LogP contribution in [0, 0.1) is 6.92 Å². The second-order valence-electron chi connectivity index (χ2n) is 4.28. The van der Waals surface area contributed by atoms with Crippen LogP contribution in [0.2, 0.25) is 0 Å². The molecule has 0 saturated heterocycles. The van der Waals surface area contributed by atoms with Gasteiger partial charge in [0, 0.05) is 0 Å². The van der Waals surface area contributed by atoms with Crippen molar-refractivity contribution >= 4 is 5.97 Å². The van der Waals surface area contributed by atoms with Crippen molar-refractivity contribution in [2.24, 2.45) is 0 Å².